The largest absolute Gasteiger partial charge is 0.477 e. The van der Waals surface area contributed by atoms with E-state index in [2.05, 4.69) is 55.1 Å². The maximum absolute atomic E-state index is 5.88. The molecule has 0 aromatic carbocycles. The highest BCUT2D eigenvalue weighted by Gasteiger charge is 2.14. The van der Waals surface area contributed by atoms with E-state index in [0.717, 1.165) is 43.1 Å². The molecule has 0 aliphatic rings. The molecule has 0 radical (unpaired) electrons. The van der Waals surface area contributed by atoms with Crippen LogP contribution in [-0.4, -0.2) is 48.7 Å². The number of nitrogens with one attached hydrogen (secondary N) is 1. The van der Waals surface area contributed by atoms with Gasteiger partial charge in [-0.3, -0.25) is 0 Å². The monoisotopic (exact) mass is 294 g/mol. The summed E-state index contributed by atoms with van der Waals surface area (Å²) >= 11 is 0. The summed E-state index contributed by atoms with van der Waals surface area (Å²) in [6.45, 7) is 11.0. The van der Waals surface area contributed by atoms with Crippen LogP contribution in [0.2, 0.25) is 0 Å². The summed E-state index contributed by atoms with van der Waals surface area (Å²) in [6, 6.07) is 0. The van der Waals surface area contributed by atoms with E-state index in [1.165, 1.54) is 0 Å². The molecule has 1 heterocycles. The first-order valence-electron chi connectivity index (χ1n) is 7.85. The van der Waals surface area contributed by atoms with Gasteiger partial charge >= 0.3 is 0 Å². The number of hydrogen-bond donors (Lipinski definition) is 1. The molecular weight excluding hydrogens is 264 g/mol. The lowest BCUT2D eigenvalue weighted by molar-refractivity contribution is 0.270. The summed E-state index contributed by atoms with van der Waals surface area (Å²) in [5.41, 5.74) is 0.998. The van der Waals surface area contributed by atoms with Gasteiger partial charge in [0.15, 0.2) is 0 Å². The number of rotatable bonds is 9. The fourth-order valence-corrected chi connectivity index (χ4v) is 1.88. The fourth-order valence-electron chi connectivity index (χ4n) is 1.88. The molecule has 120 valence electrons. The van der Waals surface area contributed by atoms with Gasteiger partial charge in [0.25, 0.3) is 0 Å². The molecule has 0 saturated heterocycles. The van der Waals surface area contributed by atoms with Crippen LogP contribution in [0.15, 0.2) is 0 Å². The molecule has 0 atom stereocenters. The Balaban J connectivity index is 2.82. The summed E-state index contributed by atoms with van der Waals surface area (Å²) in [7, 11) is 4.14. The number of hydrogen-bond acceptors (Lipinski definition) is 5. The van der Waals surface area contributed by atoms with Crippen LogP contribution in [0.4, 0.5) is 5.82 Å². The molecule has 1 N–H and O–H groups in total. The Hall–Kier alpha value is -1.36. The summed E-state index contributed by atoms with van der Waals surface area (Å²) < 4.78 is 5.88. The van der Waals surface area contributed by atoms with Gasteiger partial charge in [0.1, 0.15) is 11.6 Å². The molecule has 0 aliphatic carbocycles. The van der Waals surface area contributed by atoms with Crippen LogP contribution in [0.3, 0.4) is 0 Å². The minimum Gasteiger partial charge on any atom is -0.477 e. The highest BCUT2D eigenvalue weighted by atomic mass is 16.5. The van der Waals surface area contributed by atoms with E-state index < -0.39 is 0 Å². The molecule has 1 aromatic heterocycles. The molecule has 5 nitrogen and oxygen atoms in total. The van der Waals surface area contributed by atoms with Crippen molar-refractivity contribution in [1.29, 1.82) is 0 Å². The Labute approximate surface area is 129 Å². The topological polar surface area (TPSA) is 50.3 Å². The molecule has 0 saturated carbocycles. The van der Waals surface area contributed by atoms with Crippen LogP contribution in [0, 0.1) is 6.92 Å². The lowest BCUT2D eigenvalue weighted by Gasteiger charge is -2.16. The fraction of sp³-hybridized carbons (Fsp3) is 0.750. The van der Waals surface area contributed by atoms with Crippen LogP contribution in [0.5, 0.6) is 5.88 Å². The molecule has 0 unspecified atom stereocenters. The lowest BCUT2D eigenvalue weighted by Crippen LogP contribution is -2.16. The van der Waals surface area contributed by atoms with Crippen molar-refractivity contribution in [2.75, 3.05) is 39.1 Å². The van der Waals surface area contributed by atoms with Crippen molar-refractivity contribution in [3.05, 3.63) is 11.4 Å². The average Bonchev–Trinajstić information content (AvgIpc) is 2.43. The average molecular weight is 294 g/mol. The van der Waals surface area contributed by atoms with E-state index in [9.17, 15) is 0 Å². The second kappa shape index (κ2) is 8.82. The predicted octanol–water partition coefficient (Wildman–Crippen LogP) is 3.06. The first-order valence-corrected chi connectivity index (χ1v) is 7.85. The highest BCUT2D eigenvalue weighted by Crippen LogP contribution is 2.25. The molecule has 1 aromatic rings. The van der Waals surface area contributed by atoms with Gasteiger partial charge in [-0.1, -0.05) is 20.8 Å². The third kappa shape index (κ3) is 5.87. The molecule has 0 amide bonds. The van der Waals surface area contributed by atoms with E-state index in [4.69, 9.17) is 4.74 Å². The molecule has 0 fully saturated rings. The maximum Gasteiger partial charge on any atom is 0.221 e. The van der Waals surface area contributed by atoms with Gasteiger partial charge in [-0.05, 0) is 33.9 Å². The van der Waals surface area contributed by atoms with Crippen molar-refractivity contribution in [2.45, 2.75) is 46.5 Å². The molecular formula is C16H30N4O. The number of aromatic nitrogens is 2. The Kier molecular flexibility index (Phi) is 7.43. The summed E-state index contributed by atoms with van der Waals surface area (Å²) in [6.07, 6.45) is 2.06. The van der Waals surface area contributed by atoms with Gasteiger partial charge < -0.3 is 15.0 Å². The van der Waals surface area contributed by atoms with Gasteiger partial charge in [-0.2, -0.15) is 4.98 Å². The zero-order valence-electron chi connectivity index (χ0n) is 14.4. The van der Waals surface area contributed by atoms with Crippen molar-refractivity contribution >= 4 is 5.82 Å². The second-order valence-corrected chi connectivity index (χ2v) is 5.95. The molecule has 0 aliphatic heterocycles. The van der Waals surface area contributed by atoms with Crippen molar-refractivity contribution in [1.82, 2.24) is 14.9 Å². The van der Waals surface area contributed by atoms with Crippen LogP contribution < -0.4 is 10.1 Å². The minimum atomic E-state index is 0.289. The second-order valence-electron chi connectivity index (χ2n) is 5.95. The van der Waals surface area contributed by atoms with Gasteiger partial charge in [0.05, 0.1) is 12.2 Å². The van der Waals surface area contributed by atoms with E-state index in [1.807, 2.05) is 6.92 Å². The first kappa shape index (κ1) is 17.7. The van der Waals surface area contributed by atoms with E-state index in [-0.39, 0.29) is 5.92 Å². The van der Waals surface area contributed by atoms with Crippen LogP contribution >= 0.6 is 0 Å². The van der Waals surface area contributed by atoms with E-state index >= 15 is 0 Å². The van der Waals surface area contributed by atoms with Crippen LogP contribution in [0.1, 0.15) is 50.9 Å². The van der Waals surface area contributed by atoms with Crippen LogP contribution in [0.25, 0.3) is 0 Å². The van der Waals surface area contributed by atoms with Gasteiger partial charge in [0, 0.05) is 19.0 Å². The Morgan fingerprint density at radius 2 is 1.95 bits per heavy atom. The zero-order chi connectivity index (χ0) is 15.8. The van der Waals surface area contributed by atoms with Crippen molar-refractivity contribution < 1.29 is 4.74 Å². The molecule has 21 heavy (non-hydrogen) atoms. The van der Waals surface area contributed by atoms with E-state index in [1.54, 1.807) is 0 Å². The molecule has 0 bridgehead atoms. The van der Waals surface area contributed by atoms with Gasteiger partial charge in [0.2, 0.25) is 5.88 Å². The maximum atomic E-state index is 5.88. The van der Waals surface area contributed by atoms with Crippen molar-refractivity contribution in [2.24, 2.45) is 0 Å². The Morgan fingerprint density at radius 3 is 2.52 bits per heavy atom. The number of ether oxygens (including phenoxy) is 1. The zero-order valence-corrected chi connectivity index (χ0v) is 14.4. The quantitative estimate of drug-likeness (QED) is 0.709. The standard InChI is InChI=1S/C16H30N4O/c1-7-9-17-15-13(4)16(19-14(18-15)12(2)3)21-11-8-10-20(5)6/h12H,7-11H2,1-6H3,(H,17,18,19). The van der Waals surface area contributed by atoms with Gasteiger partial charge in [-0.25, -0.2) is 4.98 Å². The smallest absolute Gasteiger partial charge is 0.221 e. The predicted molar refractivity (Wildman–Crippen MR) is 88.3 cm³/mol. The third-order valence-corrected chi connectivity index (χ3v) is 3.17. The normalized spacial score (nSPS) is 11.2. The number of nitrogens with zero attached hydrogens (tertiary/aromatic N) is 3. The van der Waals surface area contributed by atoms with Gasteiger partial charge in [-0.15, -0.1) is 0 Å². The molecule has 1 rings (SSSR count). The third-order valence-electron chi connectivity index (χ3n) is 3.17. The van der Waals surface area contributed by atoms with Crippen LogP contribution in [-0.2, 0) is 0 Å². The summed E-state index contributed by atoms with van der Waals surface area (Å²) in [5.74, 6) is 2.74. The number of anilines is 1. The lowest BCUT2D eigenvalue weighted by atomic mass is 10.2. The summed E-state index contributed by atoms with van der Waals surface area (Å²) in [5, 5.41) is 3.37. The SMILES string of the molecule is CCCNc1nc(C(C)C)nc(OCCCN(C)C)c1C. The minimum absolute atomic E-state index is 0.289. The van der Waals surface area contributed by atoms with Crippen molar-refractivity contribution in [3.8, 4) is 5.88 Å². The highest BCUT2D eigenvalue weighted by molar-refractivity contribution is 5.48. The van der Waals surface area contributed by atoms with Crippen molar-refractivity contribution in [3.63, 3.8) is 0 Å². The van der Waals surface area contributed by atoms with E-state index in [0.29, 0.717) is 12.5 Å². The summed E-state index contributed by atoms with van der Waals surface area (Å²) in [4.78, 5) is 11.3. The first-order chi connectivity index (χ1) is 9.95. The molecule has 5 heteroatoms. The Morgan fingerprint density at radius 1 is 1.24 bits per heavy atom. The molecule has 0 spiro atoms. The Bertz CT molecular complexity index is 433.